The van der Waals surface area contributed by atoms with Crippen LogP contribution in [0.1, 0.15) is 30.3 Å². The topological polar surface area (TPSA) is 56.5 Å². The number of aromatic nitrogens is 2. The molecule has 0 saturated heterocycles. The fourth-order valence-corrected chi connectivity index (χ4v) is 4.32. The summed E-state index contributed by atoms with van der Waals surface area (Å²) in [5.41, 5.74) is 2.27. The Hall–Kier alpha value is -2.29. The van der Waals surface area contributed by atoms with Crippen LogP contribution in [0, 0.1) is 0 Å². The Morgan fingerprint density at radius 1 is 0.970 bits per heavy atom. The number of aryl methyl sites for hydroxylation is 1. The molecule has 0 atom stereocenters. The van der Waals surface area contributed by atoms with E-state index in [0.717, 1.165) is 31.0 Å². The Bertz CT molecular complexity index is 1380. The molecule has 168 valence electrons. The standard InChI is InChI=1S/C25H20Br3N3O2/c1-2-3-24-30-22-10-8-20(28)13-21(22)25(32)31(24)29-14-17-12-19(27)9-11-23(17)33-15-16-4-6-18(26)7-5-16/h4-14H,2-3,15H2,1H3. The van der Waals surface area contributed by atoms with Crippen LogP contribution in [-0.2, 0) is 13.0 Å². The van der Waals surface area contributed by atoms with E-state index in [1.807, 2.05) is 61.5 Å². The van der Waals surface area contributed by atoms with Crippen molar-refractivity contribution in [2.45, 2.75) is 26.4 Å². The van der Waals surface area contributed by atoms with Crippen molar-refractivity contribution in [1.29, 1.82) is 0 Å². The third-order valence-electron chi connectivity index (χ3n) is 4.94. The second-order valence-corrected chi connectivity index (χ2v) is 10.1. The molecule has 5 nitrogen and oxygen atoms in total. The van der Waals surface area contributed by atoms with Crippen molar-refractivity contribution in [2.24, 2.45) is 5.10 Å². The Balaban J connectivity index is 1.70. The van der Waals surface area contributed by atoms with Gasteiger partial charge in [0.05, 0.1) is 17.1 Å². The SMILES string of the molecule is CCCc1nc2ccc(Br)cc2c(=O)n1N=Cc1cc(Br)ccc1OCc1ccc(Br)cc1. The molecule has 1 aromatic heterocycles. The Kier molecular flexibility index (Phi) is 7.78. The lowest BCUT2D eigenvalue weighted by Gasteiger charge is -2.11. The summed E-state index contributed by atoms with van der Waals surface area (Å²) in [4.78, 5) is 17.9. The summed E-state index contributed by atoms with van der Waals surface area (Å²) in [5, 5.41) is 5.05. The lowest BCUT2D eigenvalue weighted by Crippen LogP contribution is -2.22. The molecule has 3 aromatic carbocycles. The maximum Gasteiger partial charge on any atom is 0.282 e. The first-order valence-corrected chi connectivity index (χ1v) is 12.7. The van der Waals surface area contributed by atoms with Crippen molar-refractivity contribution in [3.8, 4) is 5.75 Å². The normalized spacial score (nSPS) is 11.4. The van der Waals surface area contributed by atoms with Crippen molar-refractivity contribution < 1.29 is 4.74 Å². The zero-order valence-electron chi connectivity index (χ0n) is 17.8. The van der Waals surface area contributed by atoms with Gasteiger partial charge >= 0.3 is 0 Å². The van der Waals surface area contributed by atoms with Crippen LogP contribution >= 0.6 is 47.8 Å². The fourth-order valence-electron chi connectivity index (χ4n) is 3.31. The van der Waals surface area contributed by atoms with E-state index in [9.17, 15) is 4.79 Å². The van der Waals surface area contributed by atoms with Crippen LogP contribution < -0.4 is 10.3 Å². The highest BCUT2D eigenvalue weighted by Crippen LogP contribution is 2.23. The van der Waals surface area contributed by atoms with Crippen LogP contribution in [0.25, 0.3) is 10.9 Å². The smallest absolute Gasteiger partial charge is 0.282 e. The minimum atomic E-state index is -0.201. The van der Waals surface area contributed by atoms with Crippen molar-refractivity contribution in [3.63, 3.8) is 0 Å². The quantitative estimate of drug-likeness (QED) is 0.204. The predicted octanol–water partition coefficient (Wildman–Crippen LogP) is 7.10. The van der Waals surface area contributed by atoms with Crippen LogP contribution in [0.2, 0.25) is 0 Å². The van der Waals surface area contributed by atoms with Crippen LogP contribution in [0.4, 0.5) is 0 Å². The average Bonchev–Trinajstić information content (AvgIpc) is 2.80. The molecule has 0 unspecified atom stereocenters. The first-order chi connectivity index (χ1) is 15.9. The molecule has 0 spiro atoms. The number of benzene rings is 3. The molecule has 1 heterocycles. The largest absolute Gasteiger partial charge is 0.488 e. The highest BCUT2D eigenvalue weighted by Gasteiger charge is 2.11. The molecule has 0 aliphatic rings. The number of hydrogen-bond donors (Lipinski definition) is 0. The Morgan fingerprint density at radius 2 is 1.67 bits per heavy atom. The van der Waals surface area contributed by atoms with Crippen LogP contribution in [-0.4, -0.2) is 15.9 Å². The monoisotopic (exact) mass is 631 g/mol. The van der Waals surface area contributed by atoms with E-state index in [-0.39, 0.29) is 5.56 Å². The number of halogens is 3. The minimum Gasteiger partial charge on any atom is -0.488 e. The van der Waals surface area contributed by atoms with Gasteiger partial charge in [-0.15, -0.1) is 0 Å². The highest BCUT2D eigenvalue weighted by molar-refractivity contribution is 9.11. The van der Waals surface area contributed by atoms with E-state index in [4.69, 9.17) is 4.74 Å². The predicted molar refractivity (Wildman–Crippen MR) is 143 cm³/mol. The lowest BCUT2D eigenvalue weighted by molar-refractivity contribution is 0.305. The zero-order valence-corrected chi connectivity index (χ0v) is 22.5. The summed E-state index contributed by atoms with van der Waals surface area (Å²) in [7, 11) is 0. The lowest BCUT2D eigenvalue weighted by atomic mass is 10.2. The summed E-state index contributed by atoms with van der Waals surface area (Å²) in [5.74, 6) is 1.30. The third-order valence-corrected chi connectivity index (χ3v) is 6.46. The molecule has 4 rings (SSSR count). The number of ether oxygens (including phenoxy) is 1. The van der Waals surface area contributed by atoms with E-state index in [1.54, 1.807) is 12.3 Å². The number of hydrogen-bond acceptors (Lipinski definition) is 4. The van der Waals surface area contributed by atoms with Gasteiger partial charge in [0, 0.05) is 25.4 Å². The van der Waals surface area contributed by atoms with Gasteiger partial charge in [-0.1, -0.05) is 66.8 Å². The molecule has 0 aliphatic heterocycles. The first-order valence-electron chi connectivity index (χ1n) is 10.4. The average molecular weight is 634 g/mol. The molecule has 0 fully saturated rings. The van der Waals surface area contributed by atoms with Crippen LogP contribution in [0.5, 0.6) is 5.75 Å². The van der Waals surface area contributed by atoms with Gasteiger partial charge in [0.15, 0.2) is 0 Å². The van der Waals surface area contributed by atoms with Gasteiger partial charge in [-0.2, -0.15) is 9.78 Å². The van der Waals surface area contributed by atoms with E-state index in [2.05, 4.69) is 57.9 Å². The second kappa shape index (κ2) is 10.8. The molecule has 4 aromatic rings. The molecule has 0 amide bonds. The van der Waals surface area contributed by atoms with E-state index in [0.29, 0.717) is 35.5 Å². The van der Waals surface area contributed by atoms with Gasteiger partial charge in [0.2, 0.25) is 0 Å². The molecule has 8 heteroatoms. The van der Waals surface area contributed by atoms with E-state index >= 15 is 0 Å². The van der Waals surface area contributed by atoms with Crippen LogP contribution in [0.3, 0.4) is 0 Å². The van der Waals surface area contributed by atoms with Gasteiger partial charge in [-0.05, 0) is 60.5 Å². The molecule has 0 radical (unpaired) electrons. The number of fused-ring (bicyclic) bond motifs is 1. The van der Waals surface area contributed by atoms with Crippen molar-refractivity contribution in [3.05, 3.63) is 101 Å². The molecule has 33 heavy (non-hydrogen) atoms. The third kappa shape index (κ3) is 5.80. The molecular formula is C25H20Br3N3O2. The van der Waals surface area contributed by atoms with Gasteiger partial charge in [-0.25, -0.2) is 4.98 Å². The van der Waals surface area contributed by atoms with E-state index < -0.39 is 0 Å². The van der Waals surface area contributed by atoms with Crippen molar-refractivity contribution in [2.75, 3.05) is 0 Å². The fraction of sp³-hybridized carbons (Fsp3) is 0.160. The molecule has 0 saturated carbocycles. The van der Waals surface area contributed by atoms with Crippen molar-refractivity contribution in [1.82, 2.24) is 9.66 Å². The van der Waals surface area contributed by atoms with Crippen LogP contribution in [0.15, 0.2) is 84.0 Å². The number of rotatable bonds is 7. The van der Waals surface area contributed by atoms with Crippen molar-refractivity contribution >= 4 is 64.9 Å². The summed E-state index contributed by atoms with van der Waals surface area (Å²) < 4.78 is 10.2. The second-order valence-electron chi connectivity index (χ2n) is 7.40. The maximum absolute atomic E-state index is 13.2. The summed E-state index contributed by atoms with van der Waals surface area (Å²) in [6.07, 6.45) is 3.14. The summed E-state index contributed by atoms with van der Waals surface area (Å²) in [6.45, 7) is 2.47. The van der Waals surface area contributed by atoms with Gasteiger partial charge < -0.3 is 4.74 Å². The first kappa shape index (κ1) is 23.9. The summed E-state index contributed by atoms with van der Waals surface area (Å²) in [6, 6.07) is 19.2. The summed E-state index contributed by atoms with van der Waals surface area (Å²) >= 11 is 10.4. The minimum absolute atomic E-state index is 0.201. The van der Waals surface area contributed by atoms with Gasteiger partial charge in [-0.3, -0.25) is 4.79 Å². The Labute approximate surface area is 216 Å². The maximum atomic E-state index is 13.2. The zero-order chi connectivity index (χ0) is 23.4. The molecule has 0 aliphatic carbocycles. The molecule has 0 bridgehead atoms. The molecule has 0 N–H and O–H groups in total. The van der Waals surface area contributed by atoms with Gasteiger partial charge in [0.25, 0.3) is 5.56 Å². The number of nitrogens with zero attached hydrogens (tertiary/aromatic N) is 3. The molecular weight excluding hydrogens is 614 g/mol. The van der Waals surface area contributed by atoms with E-state index in [1.165, 1.54) is 4.68 Å². The highest BCUT2D eigenvalue weighted by atomic mass is 79.9. The van der Waals surface area contributed by atoms with Gasteiger partial charge in [0.1, 0.15) is 18.2 Å². The Morgan fingerprint density at radius 3 is 2.42 bits per heavy atom.